The number of hydrazone groups is 1. The number of aliphatic imine (C=N–C) groups is 1. The zero-order valence-electron chi connectivity index (χ0n) is 12.3. The normalized spacial score (nSPS) is 14.4. The predicted octanol–water partition coefficient (Wildman–Crippen LogP) is 4.49. The number of nitrogens with zero attached hydrogens (tertiary/aromatic N) is 4. The van der Waals surface area contributed by atoms with Crippen LogP contribution in [0.1, 0.15) is 11.1 Å². The summed E-state index contributed by atoms with van der Waals surface area (Å²) in [4.78, 5) is 10.7. The molecule has 122 valence electrons. The highest BCUT2D eigenvalue weighted by atomic mass is 79.9. The van der Waals surface area contributed by atoms with Crippen LogP contribution in [-0.2, 0) is 6.54 Å². The summed E-state index contributed by atoms with van der Waals surface area (Å²) in [5, 5.41) is 4.78. The Morgan fingerprint density at radius 1 is 1.25 bits per heavy atom. The van der Waals surface area contributed by atoms with Gasteiger partial charge in [0.1, 0.15) is 21.4 Å². The number of pyridine rings is 1. The lowest BCUT2D eigenvalue weighted by Crippen LogP contribution is -2.30. The summed E-state index contributed by atoms with van der Waals surface area (Å²) in [5.41, 5.74) is 4.69. The molecule has 2 heterocycles. The van der Waals surface area contributed by atoms with E-state index >= 15 is 0 Å². The van der Waals surface area contributed by atoms with Crippen LogP contribution >= 0.6 is 43.5 Å². The Morgan fingerprint density at radius 3 is 2.83 bits per heavy atom. The Hall–Kier alpha value is -1.70. The second-order valence-electron chi connectivity index (χ2n) is 4.84. The summed E-state index contributed by atoms with van der Waals surface area (Å²) in [6.45, 7) is 0.457. The van der Waals surface area contributed by atoms with Crippen molar-refractivity contribution >= 4 is 55.6 Å². The number of benzene rings is 1. The van der Waals surface area contributed by atoms with Crippen LogP contribution in [0.15, 0.2) is 68.1 Å². The van der Waals surface area contributed by atoms with Gasteiger partial charge in [0.2, 0.25) is 0 Å². The van der Waals surface area contributed by atoms with Crippen LogP contribution in [0.3, 0.4) is 0 Å². The van der Waals surface area contributed by atoms with Gasteiger partial charge in [0.05, 0.1) is 6.54 Å². The Morgan fingerprint density at radius 2 is 2.08 bits per heavy atom. The first-order valence-electron chi connectivity index (χ1n) is 6.98. The maximum Gasteiger partial charge on any atom is 0.140 e. The van der Waals surface area contributed by atoms with E-state index in [-0.39, 0.29) is 0 Å². The second-order valence-corrected chi connectivity index (χ2v) is 6.91. The van der Waals surface area contributed by atoms with Gasteiger partial charge in [-0.15, -0.1) is 0 Å². The summed E-state index contributed by atoms with van der Waals surface area (Å²) in [6.07, 6.45) is 5.24. The molecule has 0 radical (unpaired) electrons. The molecule has 24 heavy (non-hydrogen) atoms. The van der Waals surface area contributed by atoms with Crippen molar-refractivity contribution in [1.29, 1.82) is 0 Å². The molecule has 3 rings (SSSR count). The van der Waals surface area contributed by atoms with Gasteiger partial charge >= 0.3 is 0 Å². The number of aromatic nitrogens is 1. The van der Waals surface area contributed by atoms with Crippen LogP contribution in [0.2, 0.25) is 5.02 Å². The van der Waals surface area contributed by atoms with E-state index < -0.39 is 0 Å². The maximum absolute atomic E-state index is 6.23. The van der Waals surface area contributed by atoms with Gasteiger partial charge in [-0.05, 0) is 55.6 Å². The average Bonchev–Trinajstić information content (AvgIpc) is 2.57. The molecule has 5 nitrogen and oxygen atoms in total. The van der Waals surface area contributed by atoms with E-state index in [1.165, 1.54) is 0 Å². The van der Waals surface area contributed by atoms with E-state index in [4.69, 9.17) is 16.6 Å². The topological polar surface area (TPSA) is 52.9 Å². The largest absolute Gasteiger partial charge is 0.288 e. The molecule has 0 amide bonds. The molecule has 1 aliphatic rings. The number of hydrogen-bond acceptors (Lipinski definition) is 4. The minimum absolute atomic E-state index is 0.457. The standard InChI is InChI=1S/C16H12Br2ClN5/c17-14-7-11(5-6-20-14)16(24-9-15(18)23-22-10-24)21-8-12-3-1-2-4-13(12)19/h1-7,9-10,23H,8H2. The monoisotopic (exact) mass is 467 g/mol. The number of rotatable bonds is 3. The zero-order valence-corrected chi connectivity index (χ0v) is 16.3. The van der Waals surface area contributed by atoms with Gasteiger partial charge < -0.3 is 0 Å². The highest BCUT2D eigenvalue weighted by Gasteiger charge is 2.14. The smallest absolute Gasteiger partial charge is 0.140 e. The summed E-state index contributed by atoms with van der Waals surface area (Å²) >= 11 is 13.0. The molecular weight excluding hydrogens is 457 g/mol. The quantitative estimate of drug-likeness (QED) is 0.312. The second kappa shape index (κ2) is 7.92. The van der Waals surface area contributed by atoms with Gasteiger partial charge in [0, 0.05) is 23.0 Å². The minimum Gasteiger partial charge on any atom is -0.288 e. The van der Waals surface area contributed by atoms with Crippen molar-refractivity contribution < 1.29 is 0 Å². The van der Waals surface area contributed by atoms with Crippen LogP contribution in [-0.4, -0.2) is 22.1 Å². The fourth-order valence-electron chi connectivity index (χ4n) is 2.10. The molecule has 0 fully saturated rings. The fraction of sp³-hybridized carbons (Fsp3) is 0.0625. The maximum atomic E-state index is 6.23. The highest BCUT2D eigenvalue weighted by molar-refractivity contribution is 9.11. The van der Waals surface area contributed by atoms with E-state index in [9.17, 15) is 0 Å². The minimum atomic E-state index is 0.457. The molecule has 1 N–H and O–H groups in total. The Balaban J connectivity index is 1.98. The van der Waals surface area contributed by atoms with Crippen molar-refractivity contribution in [2.45, 2.75) is 6.54 Å². The van der Waals surface area contributed by atoms with Crippen molar-refractivity contribution in [3.05, 3.63) is 74.2 Å². The molecule has 1 aromatic carbocycles. The van der Waals surface area contributed by atoms with E-state index in [0.29, 0.717) is 11.6 Å². The lowest BCUT2D eigenvalue weighted by molar-refractivity contribution is 0.760. The SMILES string of the molecule is Clc1ccccc1CN=C(c1ccnc(Br)c1)N1C=NNC(Br)=C1. The average molecular weight is 470 g/mol. The molecule has 1 aliphatic heterocycles. The molecule has 0 spiro atoms. The van der Waals surface area contributed by atoms with Gasteiger partial charge in [0.25, 0.3) is 0 Å². The Bertz CT molecular complexity index is 835. The molecule has 0 saturated carbocycles. The van der Waals surface area contributed by atoms with E-state index in [0.717, 1.165) is 26.2 Å². The van der Waals surface area contributed by atoms with Crippen LogP contribution in [0, 0.1) is 0 Å². The summed E-state index contributed by atoms with van der Waals surface area (Å²) in [5.74, 6) is 0.736. The first-order chi connectivity index (χ1) is 11.6. The van der Waals surface area contributed by atoms with Gasteiger partial charge in [-0.3, -0.25) is 15.3 Å². The van der Waals surface area contributed by atoms with Gasteiger partial charge in [-0.2, -0.15) is 5.10 Å². The molecule has 0 atom stereocenters. The summed E-state index contributed by atoms with van der Waals surface area (Å²) < 4.78 is 1.48. The van der Waals surface area contributed by atoms with Crippen molar-refractivity contribution in [3.63, 3.8) is 0 Å². The third kappa shape index (κ3) is 4.23. The van der Waals surface area contributed by atoms with Gasteiger partial charge in [0.15, 0.2) is 0 Å². The number of nitrogens with one attached hydrogen (secondary N) is 1. The van der Waals surface area contributed by atoms with Crippen LogP contribution < -0.4 is 5.43 Å². The Labute approximate surface area is 161 Å². The molecule has 1 aromatic heterocycles. The van der Waals surface area contributed by atoms with Gasteiger partial charge in [-0.1, -0.05) is 29.8 Å². The number of amidine groups is 1. The first kappa shape index (κ1) is 17.1. The van der Waals surface area contributed by atoms with Crippen molar-refractivity contribution in [2.75, 3.05) is 0 Å². The van der Waals surface area contributed by atoms with Crippen molar-refractivity contribution in [1.82, 2.24) is 15.3 Å². The summed E-state index contributed by atoms with van der Waals surface area (Å²) in [6, 6.07) is 11.5. The third-order valence-corrected chi connectivity index (χ3v) is 4.38. The van der Waals surface area contributed by atoms with Crippen molar-refractivity contribution in [2.24, 2.45) is 10.1 Å². The van der Waals surface area contributed by atoms with Crippen LogP contribution in [0.25, 0.3) is 0 Å². The molecule has 0 aliphatic carbocycles. The number of halogens is 3. The molecule has 8 heteroatoms. The van der Waals surface area contributed by atoms with Crippen molar-refractivity contribution in [3.8, 4) is 0 Å². The van der Waals surface area contributed by atoms with E-state index in [1.54, 1.807) is 12.5 Å². The summed E-state index contributed by atoms with van der Waals surface area (Å²) in [7, 11) is 0. The fourth-order valence-corrected chi connectivity index (χ4v) is 2.99. The lowest BCUT2D eigenvalue weighted by Gasteiger charge is -2.21. The molecule has 0 bridgehead atoms. The molecule has 0 unspecified atom stereocenters. The lowest BCUT2D eigenvalue weighted by atomic mass is 10.2. The third-order valence-electron chi connectivity index (χ3n) is 3.19. The van der Waals surface area contributed by atoms with Crippen LogP contribution in [0.5, 0.6) is 0 Å². The predicted molar refractivity (Wildman–Crippen MR) is 104 cm³/mol. The molecule has 0 saturated heterocycles. The van der Waals surface area contributed by atoms with Gasteiger partial charge in [-0.25, -0.2) is 4.98 Å². The zero-order chi connectivity index (χ0) is 16.9. The number of hydrogen-bond donors (Lipinski definition) is 1. The molecular formula is C16H12Br2ClN5. The van der Waals surface area contributed by atoms with E-state index in [2.05, 4.69) is 47.4 Å². The Kier molecular flexibility index (Phi) is 5.65. The van der Waals surface area contributed by atoms with Crippen LogP contribution in [0.4, 0.5) is 0 Å². The highest BCUT2D eigenvalue weighted by Crippen LogP contribution is 2.18. The van der Waals surface area contributed by atoms with E-state index in [1.807, 2.05) is 47.5 Å². The molecule has 2 aromatic rings. The first-order valence-corrected chi connectivity index (χ1v) is 8.94.